The van der Waals surface area contributed by atoms with Gasteiger partial charge in [-0.3, -0.25) is 19.3 Å². The number of halogens is 1. The molecule has 3 amide bonds. The van der Waals surface area contributed by atoms with Crippen molar-refractivity contribution in [2.45, 2.75) is 20.0 Å². The Morgan fingerprint density at radius 1 is 1.12 bits per heavy atom. The zero-order valence-corrected chi connectivity index (χ0v) is 18.6. The Balaban J connectivity index is 1.35. The first-order valence-electron chi connectivity index (χ1n) is 10.9. The highest BCUT2D eigenvalue weighted by molar-refractivity contribution is 5.90. The maximum Gasteiger partial charge on any atom is 0.414 e. The third-order valence-electron chi connectivity index (χ3n) is 6.27. The number of amides is 3. The van der Waals surface area contributed by atoms with Crippen LogP contribution in [-0.2, 0) is 23.9 Å². The zero-order valence-electron chi connectivity index (χ0n) is 18.6. The number of carbonyl (C=O) groups is 4. The van der Waals surface area contributed by atoms with Gasteiger partial charge in [0.25, 0.3) is 5.91 Å². The van der Waals surface area contributed by atoms with Crippen molar-refractivity contribution < 1.29 is 33.0 Å². The number of hydrogen-bond acceptors (Lipinski definition) is 7. The lowest BCUT2D eigenvalue weighted by Crippen LogP contribution is -2.36. The number of esters is 1. The van der Waals surface area contributed by atoms with E-state index in [4.69, 9.17) is 9.47 Å². The van der Waals surface area contributed by atoms with Crippen LogP contribution in [0.5, 0.6) is 0 Å². The summed E-state index contributed by atoms with van der Waals surface area (Å²) in [5.41, 5.74) is 0.849. The molecule has 3 atom stereocenters. The molecule has 11 heteroatoms. The Morgan fingerprint density at radius 3 is 2.42 bits per heavy atom. The van der Waals surface area contributed by atoms with Crippen molar-refractivity contribution in [3.63, 3.8) is 0 Å². The molecule has 0 aliphatic carbocycles. The van der Waals surface area contributed by atoms with E-state index in [-0.39, 0.29) is 43.3 Å². The summed E-state index contributed by atoms with van der Waals surface area (Å²) in [7, 11) is 0. The Morgan fingerprint density at radius 2 is 1.82 bits per heavy atom. The van der Waals surface area contributed by atoms with E-state index in [2.05, 4.69) is 5.32 Å². The normalized spacial score (nSPS) is 24.0. The standard InChI is InChI=1S/C22H27FN4O6/c1-13(28)24-6-18-11-27(22(31)33-18)17-3-4-20(19(23)5-17)25-7-15-9-26(10-16(15)8-25)21(30)12-32-14(2)29/h3-5,15-16,18H,6-12H2,1-2H3,(H,24,28)/t15-,16+,18-/m0/s1. The number of carbonyl (C=O) groups excluding carboxylic acids is 4. The Labute approximate surface area is 190 Å². The molecule has 0 saturated carbocycles. The first-order chi connectivity index (χ1) is 15.7. The van der Waals surface area contributed by atoms with Crippen LogP contribution < -0.4 is 15.1 Å². The molecule has 1 aromatic carbocycles. The molecular weight excluding hydrogens is 435 g/mol. The molecule has 33 heavy (non-hydrogen) atoms. The first-order valence-corrected chi connectivity index (χ1v) is 10.9. The van der Waals surface area contributed by atoms with Crippen molar-refractivity contribution >= 4 is 35.3 Å². The second-order valence-electron chi connectivity index (χ2n) is 8.69. The molecule has 3 fully saturated rings. The van der Waals surface area contributed by atoms with E-state index < -0.39 is 24.0 Å². The fourth-order valence-electron chi connectivity index (χ4n) is 4.66. The van der Waals surface area contributed by atoms with Crippen molar-refractivity contribution in [1.29, 1.82) is 0 Å². The van der Waals surface area contributed by atoms with Crippen molar-refractivity contribution in [3.8, 4) is 0 Å². The lowest BCUT2D eigenvalue weighted by Gasteiger charge is -2.24. The molecular formula is C22H27FN4O6. The van der Waals surface area contributed by atoms with Gasteiger partial charge < -0.3 is 24.6 Å². The molecule has 3 aliphatic heterocycles. The molecule has 178 valence electrons. The van der Waals surface area contributed by atoms with Crippen molar-refractivity contribution in [2.24, 2.45) is 11.8 Å². The molecule has 0 bridgehead atoms. The van der Waals surface area contributed by atoms with Gasteiger partial charge >= 0.3 is 12.1 Å². The highest BCUT2D eigenvalue weighted by atomic mass is 19.1. The van der Waals surface area contributed by atoms with Crippen molar-refractivity contribution in [1.82, 2.24) is 10.2 Å². The molecule has 0 spiro atoms. The smallest absolute Gasteiger partial charge is 0.414 e. The third kappa shape index (κ3) is 5.01. The number of likely N-dealkylation sites (tertiary alicyclic amines) is 1. The number of hydrogen-bond donors (Lipinski definition) is 1. The van der Waals surface area contributed by atoms with Crippen LogP contribution >= 0.6 is 0 Å². The molecule has 1 N–H and O–H groups in total. The summed E-state index contributed by atoms with van der Waals surface area (Å²) in [5, 5.41) is 2.61. The lowest BCUT2D eigenvalue weighted by atomic mass is 10.0. The van der Waals surface area contributed by atoms with Crippen LogP contribution in [0.4, 0.5) is 20.6 Å². The van der Waals surface area contributed by atoms with Crippen LogP contribution in [0.15, 0.2) is 18.2 Å². The van der Waals surface area contributed by atoms with Crippen LogP contribution in [0, 0.1) is 17.7 Å². The zero-order chi connectivity index (χ0) is 23.7. The van der Waals surface area contributed by atoms with E-state index in [1.54, 1.807) is 17.0 Å². The van der Waals surface area contributed by atoms with E-state index in [1.165, 1.54) is 24.8 Å². The van der Waals surface area contributed by atoms with Crippen LogP contribution in [0.1, 0.15) is 13.8 Å². The van der Waals surface area contributed by atoms with Gasteiger partial charge in [0.15, 0.2) is 6.61 Å². The monoisotopic (exact) mass is 462 g/mol. The summed E-state index contributed by atoms with van der Waals surface area (Å²) in [5.74, 6) is -0.920. The SMILES string of the molecule is CC(=O)NC[C@H]1CN(c2ccc(N3C[C@H]4CN(C(=O)COC(C)=O)C[C@H]4C3)c(F)c2)C(=O)O1. The lowest BCUT2D eigenvalue weighted by molar-refractivity contribution is -0.149. The maximum absolute atomic E-state index is 15.0. The van der Waals surface area contributed by atoms with Gasteiger partial charge in [0.2, 0.25) is 5.91 Å². The molecule has 4 rings (SSSR count). The van der Waals surface area contributed by atoms with E-state index in [0.29, 0.717) is 37.6 Å². The summed E-state index contributed by atoms with van der Waals surface area (Å²) < 4.78 is 25.0. The van der Waals surface area contributed by atoms with Crippen LogP contribution in [0.25, 0.3) is 0 Å². The molecule has 3 aliphatic rings. The molecule has 10 nitrogen and oxygen atoms in total. The fourth-order valence-corrected chi connectivity index (χ4v) is 4.66. The van der Waals surface area contributed by atoms with Gasteiger partial charge in [0.1, 0.15) is 11.9 Å². The number of rotatable bonds is 6. The fraction of sp³-hybridized carbons (Fsp3) is 0.545. The number of anilines is 2. The predicted molar refractivity (Wildman–Crippen MR) is 115 cm³/mol. The minimum absolute atomic E-state index is 0.203. The quantitative estimate of drug-likeness (QED) is 0.622. The Hall–Kier alpha value is -3.37. The van der Waals surface area contributed by atoms with Gasteiger partial charge in [-0.25, -0.2) is 9.18 Å². The van der Waals surface area contributed by atoms with E-state index in [0.717, 1.165) is 0 Å². The largest absolute Gasteiger partial charge is 0.456 e. The summed E-state index contributed by atoms with van der Waals surface area (Å²) >= 11 is 0. The number of fused-ring (bicyclic) bond motifs is 1. The van der Waals surface area contributed by atoms with Crippen LogP contribution in [0.3, 0.4) is 0 Å². The second-order valence-corrected chi connectivity index (χ2v) is 8.69. The van der Waals surface area contributed by atoms with Crippen molar-refractivity contribution in [2.75, 3.05) is 55.7 Å². The summed E-state index contributed by atoms with van der Waals surface area (Å²) in [6.45, 7) is 5.16. The van der Waals surface area contributed by atoms with Gasteiger partial charge in [-0.1, -0.05) is 0 Å². The minimum Gasteiger partial charge on any atom is -0.456 e. The van der Waals surface area contributed by atoms with Crippen molar-refractivity contribution in [3.05, 3.63) is 24.0 Å². The van der Waals surface area contributed by atoms with Gasteiger partial charge in [0.05, 0.1) is 24.5 Å². The number of nitrogens with zero attached hydrogens (tertiary/aromatic N) is 3. The summed E-state index contributed by atoms with van der Waals surface area (Å²) in [6, 6.07) is 4.66. The number of nitrogens with one attached hydrogen (secondary N) is 1. The van der Waals surface area contributed by atoms with Crippen LogP contribution in [-0.4, -0.2) is 80.8 Å². The predicted octanol–water partition coefficient (Wildman–Crippen LogP) is 0.745. The number of ether oxygens (including phenoxy) is 2. The van der Waals surface area contributed by atoms with Gasteiger partial charge in [-0.2, -0.15) is 0 Å². The van der Waals surface area contributed by atoms with Gasteiger partial charge in [-0.15, -0.1) is 0 Å². The highest BCUT2D eigenvalue weighted by Crippen LogP contribution is 2.36. The Bertz CT molecular complexity index is 958. The van der Waals surface area contributed by atoms with E-state index in [1.807, 2.05) is 4.90 Å². The Kier molecular flexibility index (Phi) is 6.39. The average Bonchev–Trinajstić information content (AvgIpc) is 3.43. The topological polar surface area (TPSA) is 108 Å². The first kappa shape index (κ1) is 22.8. The average molecular weight is 462 g/mol. The molecule has 0 unspecified atom stereocenters. The van der Waals surface area contributed by atoms with E-state index in [9.17, 15) is 19.2 Å². The minimum atomic E-state index is -0.577. The summed E-state index contributed by atoms with van der Waals surface area (Å²) in [4.78, 5) is 51.4. The number of cyclic esters (lactones) is 1. The summed E-state index contributed by atoms with van der Waals surface area (Å²) in [6.07, 6.45) is -1.07. The maximum atomic E-state index is 15.0. The van der Waals surface area contributed by atoms with Crippen LogP contribution in [0.2, 0.25) is 0 Å². The number of benzene rings is 1. The second kappa shape index (κ2) is 9.24. The van der Waals surface area contributed by atoms with Gasteiger partial charge in [-0.05, 0) is 18.2 Å². The highest BCUT2D eigenvalue weighted by Gasteiger charge is 2.42. The molecule has 3 heterocycles. The van der Waals surface area contributed by atoms with Gasteiger partial charge in [0, 0.05) is 51.9 Å². The molecule has 3 saturated heterocycles. The molecule has 0 radical (unpaired) electrons. The van der Waals surface area contributed by atoms with E-state index >= 15 is 4.39 Å². The molecule has 0 aromatic heterocycles. The third-order valence-corrected chi connectivity index (χ3v) is 6.27. The molecule has 1 aromatic rings.